The van der Waals surface area contributed by atoms with Gasteiger partial charge < -0.3 is 4.74 Å². The molecule has 0 amide bonds. The fourth-order valence-electron chi connectivity index (χ4n) is 2.10. The summed E-state index contributed by atoms with van der Waals surface area (Å²) in [5.74, 6) is 1.43. The van der Waals surface area contributed by atoms with Crippen LogP contribution in [-0.4, -0.2) is 17.7 Å². The predicted octanol–water partition coefficient (Wildman–Crippen LogP) is 5.08. The lowest BCUT2D eigenvalue weighted by atomic mass is 10.1. The Morgan fingerprint density at radius 3 is 2.54 bits per heavy atom. The first-order chi connectivity index (χ1) is 11.5. The molecule has 0 aliphatic heterocycles. The Kier molecular flexibility index (Phi) is 6.07. The van der Waals surface area contributed by atoms with E-state index in [9.17, 15) is 10.1 Å². The number of hydrogen-bond donors (Lipinski definition) is 0. The van der Waals surface area contributed by atoms with E-state index in [1.54, 1.807) is 12.3 Å². The number of ether oxygens (including phenoxy) is 1. The zero-order chi connectivity index (χ0) is 17.5. The lowest BCUT2D eigenvalue weighted by molar-refractivity contribution is -0.384. The van der Waals surface area contributed by atoms with E-state index in [-0.39, 0.29) is 5.69 Å². The van der Waals surface area contributed by atoms with Crippen molar-refractivity contribution in [3.8, 4) is 5.75 Å². The van der Waals surface area contributed by atoms with Gasteiger partial charge in [0, 0.05) is 12.3 Å². The molecule has 0 unspecified atom stereocenters. The summed E-state index contributed by atoms with van der Waals surface area (Å²) >= 11 is 0. The highest BCUT2D eigenvalue weighted by Crippen LogP contribution is 2.28. The number of aliphatic imine (C=N–C) groups is 1. The quantitative estimate of drug-likeness (QED) is 0.405. The molecule has 0 aromatic heterocycles. The van der Waals surface area contributed by atoms with Gasteiger partial charge in [-0.05, 0) is 60.7 Å². The second kappa shape index (κ2) is 8.24. The summed E-state index contributed by atoms with van der Waals surface area (Å²) in [6.45, 7) is 6.83. The van der Waals surface area contributed by atoms with Crippen LogP contribution in [0.5, 0.6) is 5.75 Å². The zero-order valence-corrected chi connectivity index (χ0v) is 14.2. The van der Waals surface area contributed by atoms with Crippen molar-refractivity contribution in [2.24, 2.45) is 10.9 Å². The van der Waals surface area contributed by atoms with Crippen LogP contribution in [0.1, 0.15) is 31.4 Å². The number of rotatable bonds is 7. The Balaban J connectivity index is 2.06. The van der Waals surface area contributed by atoms with Crippen LogP contribution < -0.4 is 4.74 Å². The molecular weight excluding hydrogens is 304 g/mol. The number of benzene rings is 2. The molecule has 24 heavy (non-hydrogen) atoms. The van der Waals surface area contributed by atoms with Crippen LogP contribution >= 0.6 is 0 Å². The standard InChI is InChI=1S/C19H22N2O3/c1-14(2)10-11-24-17-7-5-16(6-8-17)13-20-18-9-4-15(3)12-19(18)21(22)23/h4-9,12-14H,10-11H2,1-3H3. The summed E-state index contributed by atoms with van der Waals surface area (Å²) in [6.07, 6.45) is 2.63. The van der Waals surface area contributed by atoms with Gasteiger partial charge in [0.2, 0.25) is 0 Å². The molecule has 5 heteroatoms. The fraction of sp³-hybridized carbons (Fsp3) is 0.316. The van der Waals surface area contributed by atoms with Crippen molar-refractivity contribution < 1.29 is 9.66 Å². The molecule has 2 aromatic carbocycles. The van der Waals surface area contributed by atoms with Crippen molar-refractivity contribution in [3.63, 3.8) is 0 Å². The minimum absolute atomic E-state index is 0.0138. The predicted molar refractivity (Wildman–Crippen MR) is 96.5 cm³/mol. The summed E-state index contributed by atoms with van der Waals surface area (Å²) in [4.78, 5) is 14.9. The van der Waals surface area contributed by atoms with E-state index in [1.165, 1.54) is 6.07 Å². The molecule has 126 valence electrons. The molecule has 0 N–H and O–H groups in total. The second-order valence-corrected chi connectivity index (χ2v) is 6.11. The number of hydrogen-bond acceptors (Lipinski definition) is 4. The third kappa shape index (κ3) is 5.19. The van der Waals surface area contributed by atoms with Crippen molar-refractivity contribution in [2.75, 3.05) is 6.61 Å². The van der Waals surface area contributed by atoms with Gasteiger partial charge in [-0.1, -0.05) is 19.9 Å². The normalized spacial score (nSPS) is 11.2. The minimum atomic E-state index is -0.411. The van der Waals surface area contributed by atoms with Crippen LogP contribution in [0.2, 0.25) is 0 Å². The summed E-state index contributed by atoms with van der Waals surface area (Å²) in [5, 5.41) is 11.1. The zero-order valence-electron chi connectivity index (χ0n) is 14.2. The average Bonchev–Trinajstić information content (AvgIpc) is 2.54. The first kappa shape index (κ1) is 17.7. The van der Waals surface area contributed by atoms with E-state index in [2.05, 4.69) is 18.8 Å². The molecular formula is C19H22N2O3. The number of nitrogens with zero attached hydrogens (tertiary/aromatic N) is 2. The van der Waals surface area contributed by atoms with Gasteiger partial charge in [0.1, 0.15) is 11.4 Å². The van der Waals surface area contributed by atoms with Crippen LogP contribution in [0.25, 0.3) is 0 Å². The molecule has 2 rings (SSSR count). The SMILES string of the molecule is Cc1ccc(N=Cc2ccc(OCCC(C)C)cc2)c([N+](=O)[O-])c1. The Hall–Kier alpha value is -2.69. The van der Waals surface area contributed by atoms with E-state index in [0.717, 1.165) is 23.3 Å². The highest BCUT2D eigenvalue weighted by atomic mass is 16.6. The van der Waals surface area contributed by atoms with Crippen molar-refractivity contribution in [1.29, 1.82) is 0 Å². The Morgan fingerprint density at radius 2 is 1.92 bits per heavy atom. The fourth-order valence-corrected chi connectivity index (χ4v) is 2.10. The molecule has 0 aliphatic carbocycles. The summed E-state index contributed by atoms with van der Waals surface area (Å²) in [7, 11) is 0. The highest BCUT2D eigenvalue weighted by molar-refractivity contribution is 5.83. The average molecular weight is 326 g/mol. The van der Waals surface area contributed by atoms with Gasteiger partial charge in [-0.3, -0.25) is 10.1 Å². The van der Waals surface area contributed by atoms with Crippen molar-refractivity contribution in [2.45, 2.75) is 27.2 Å². The Labute approximate surface area is 142 Å². The topological polar surface area (TPSA) is 64.7 Å². The van der Waals surface area contributed by atoms with Gasteiger partial charge >= 0.3 is 0 Å². The monoisotopic (exact) mass is 326 g/mol. The Bertz CT molecular complexity index is 722. The molecule has 0 heterocycles. The molecule has 0 atom stereocenters. The third-order valence-corrected chi connectivity index (χ3v) is 3.52. The maximum atomic E-state index is 11.1. The van der Waals surface area contributed by atoms with Crippen molar-refractivity contribution >= 4 is 17.6 Å². The summed E-state index contributed by atoms with van der Waals surface area (Å²) in [5.41, 5.74) is 2.06. The number of nitro benzene ring substituents is 1. The minimum Gasteiger partial charge on any atom is -0.494 e. The van der Waals surface area contributed by atoms with E-state index < -0.39 is 4.92 Å². The van der Waals surface area contributed by atoms with Crippen LogP contribution in [-0.2, 0) is 0 Å². The van der Waals surface area contributed by atoms with Crippen molar-refractivity contribution in [1.82, 2.24) is 0 Å². The molecule has 0 radical (unpaired) electrons. The van der Waals surface area contributed by atoms with Gasteiger partial charge in [-0.2, -0.15) is 0 Å². The molecule has 0 bridgehead atoms. The lowest BCUT2D eigenvalue weighted by Gasteiger charge is -2.07. The van der Waals surface area contributed by atoms with Gasteiger partial charge in [0.15, 0.2) is 0 Å². The second-order valence-electron chi connectivity index (χ2n) is 6.11. The van der Waals surface area contributed by atoms with Crippen LogP contribution in [0.3, 0.4) is 0 Å². The van der Waals surface area contributed by atoms with Gasteiger partial charge in [0.05, 0.1) is 11.5 Å². The summed E-state index contributed by atoms with van der Waals surface area (Å²) < 4.78 is 5.66. The van der Waals surface area contributed by atoms with Gasteiger partial charge in [-0.25, -0.2) is 4.99 Å². The number of nitro groups is 1. The van der Waals surface area contributed by atoms with Gasteiger partial charge in [0.25, 0.3) is 5.69 Å². The molecule has 0 saturated heterocycles. The highest BCUT2D eigenvalue weighted by Gasteiger charge is 2.12. The molecule has 2 aromatic rings. The molecule has 0 saturated carbocycles. The number of aryl methyl sites for hydroxylation is 1. The van der Waals surface area contributed by atoms with Gasteiger partial charge in [-0.15, -0.1) is 0 Å². The molecule has 0 aliphatic rings. The van der Waals surface area contributed by atoms with E-state index in [0.29, 0.717) is 18.2 Å². The van der Waals surface area contributed by atoms with E-state index in [1.807, 2.05) is 37.3 Å². The third-order valence-electron chi connectivity index (χ3n) is 3.52. The lowest BCUT2D eigenvalue weighted by Crippen LogP contribution is -2.01. The maximum absolute atomic E-state index is 11.1. The van der Waals surface area contributed by atoms with E-state index >= 15 is 0 Å². The van der Waals surface area contributed by atoms with E-state index in [4.69, 9.17) is 4.74 Å². The van der Waals surface area contributed by atoms with Crippen LogP contribution in [0.4, 0.5) is 11.4 Å². The van der Waals surface area contributed by atoms with Crippen molar-refractivity contribution in [3.05, 3.63) is 63.7 Å². The van der Waals surface area contributed by atoms with Crippen LogP contribution in [0.15, 0.2) is 47.5 Å². The maximum Gasteiger partial charge on any atom is 0.295 e. The smallest absolute Gasteiger partial charge is 0.295 e. The first-order valence-corrected chi connectivity index (χ1v) is 7.97. The summed E-state index contributed by atoms with van der Waals surface area (Å²) in [6, 6.07) is 12.5. The first-order valence-electron chi connectivity index (χ1n) is 7.97. The molecule has 0 spiro atoms. The van der Waals surface area contributed by atoms with Crippen LogP contribution in [0, 0.1) is 23.0 Å². The molecule has 5 nitrogen and oxygen atoms in total. The Morgan fingerprint density at radius 1 is 1.21 bits per heavy atom. The molecule has 0 fully saturated rings. The largest absolute Gasteiger partial charge is 0.494 e.